The lowest BCUT2D eigenvalue weighted by Crippen LogP contribution is -2.45. The van der Waals surface area contributed by atoms with E-state index in [0.717, 1.165) is 12.5 Å². The van der Waals surface area contributed by atoms with Crippen molar-refractivity contribution in [2.75, 3.05) is 26.2 Å². The van der Waals surface area contributed by atoms with E-state index in [1.807, 2.05) is 0 Å². The van der Waals surface area contributed by atoms with Crippen molar-refractivity contribution >= 4 is 0 Å². The number of hydrogen-bond acceptors (Lipinski definition) is 2. The number of piperidine rings is 1. The van der Waals surface area contributed by atoms with Crippen LogP contribution in [0.4, 0.5) is 0 Å². The summed E-state index contributed by atoms with van der Waals surface area (Å²) < 4.78 is 0. The average Bonchev–Trinajstić information content (AvgIpc) is 2.53. The zero-order chi connectivity index (χ0) is 15.3. The van der Waals surface area contributed by atoms with Gasteiger partial charge in [-0.15, -0.1) is 0 Å². The molecule has 21 heavy (non-hydrogen) atoms. The third-order valence-electron chi connectivity index (χ3n) is 5.21. The molecule has 118 valence electrons. The maximum absolute atomic E-state index is 3.81. The molecule has 2 rings (SSSR count). The molecule has 0 aliphatic carbocycles. The maximum atomic E-state index is 3.81. The third kappa shape index (κ3) is 4.55. The van der Waals surface area contributed by atoms with Crippen LogP contribution in [0.3, 0.4) is 0 Å². The highest BCUT2D eigenvalue weighted by molar-refractivity contribution is 5.23. The Hall–Kier alpha value is -0.860. The van der Waals surface area contributed by atoms with E-state index in [1.165, 1.54) is 38.0 Å². The van der Waals surface area contributed by atoms with Crippen LogP contribution in [0.25, 0.3) is 0 Å². The summed E-state index contributed by atoms with van der Waals surface area (Å²) in [4.78, 5) is 2.57. The van der Waals surface area contributed by atoms with Gasteiger partial charge < -0.3 is 10.2 Å². The van der Waals surface area contributed by atoms with E-state index in [0.29, 0.717) is 6.04 Å². The van der Waals surface area contributed by atoms with Gasteiger partial charge in [0.1, 0.15) is 0 Å². The molecular formula is C19H32N2. The monoisotopic (exact) mass is 288 g/mol. The molecule has 1 aliphatic rings. The number of rotatable bonds is 6. The maximum Gasteiger partial charge on any atom is 0.00683 e. The highest BCUT2D eigenvalue weighted by Gasteiger charge is 2.26. The summed E-state index contributed by atoms with van der Waals surface area (Å²) in [5.41, 5.74) is 1.62. The average molecular weight is 288 g/mol. The van der Waals surface area contributed by atoms with E-state index < -0.39 is 0 Å². The molecule has 1 heterocycles. The molecule has 0 saturated carbocycles. The lowest BCUT2D eigenvalue weighted by molar-refractivity contribution is 0.166. The van der Waals surface area contributed by atoms with E-state index >= 15 is 0 Å². The molecule has 1 N–H and O–H groups in total. The molecule has 0 amide bonds. The first kappa shape index (κ1) is 16.5. The van der Waals surface area contributed by atoms with Gasteiger partial charge in [-0.3, -0.25) is 0 Å². The quantitative estimate of drug-likeness (QED) is 0.859. The summed E-state index contributed by atoms with van der Waals surface area (Å²) in [6.45, 7) is 14.1. The van der Waals surface area contributed by atoms with Crippen molar-refractivity contribution in [2.45, 2.75) is 52.0 Å². The van der Waals surface area contributed by atoms with Crippen molar-refractivity contribution in [1.82, 2.24) is 10.2 Å². The van der Waals surface area contributed by atoms with Crippen LogP contribution in [-0.4, -0.2) is 37.1 Å². The Kier molecular flexibility index (Phi) is 5.83. The Labute approximate surface area is 130 Å². The molecule has 0 aromatic heterocycles. The lowest BCUT2D eigenvalue weighted by Gasteiger charge is -2.36. The number of nitrogens with zero attached hydrogens (tertiary/aromatic N) is 1. The minimum absolute atomic E-state index is 0.194. The first-order chi connectivity index (χ1) is 10.0. The predicted octanol–water partition coefficient (Wildman–Crippen LogP) is 3.67. The van der Waals surface area contributed by atoms with E-state index in [4.69, 9.17) is 0 Å². The second-order valence-electron chi connectivity index (χ2n) is 7.19. The van der Waals surface area contributed by atoms with Gasteiger partial charge in [0.15, 0.2) is 0 Å². The summed E-state index contributed by atoms with van der Waals surface area (Å²) in [7, 11) is 0. The van der Waals surface area contributed by atoms with Crippen molar-refractivity contribution in [3.05, 3.63) is 35.9 Å². The predicted molar refractivity (Wildman–Crippen MR) is 91.8 cm³/mol. The number of hydrogen-bond donors (Lipinski definition) is 1. The van der Waals surface area contributed by atoms with Crippen molar-refractivity contribution in [2.24, 2.45) is 5.92 Å². The van der Waals surface area contributed by atoms with Crippen molar-refractivity contribution < 1.29 is 0 Å². The van der Waals surface area contributed by atoms with Gasteiger partial charge in [-0.05, 0) is 50.9 Å². The van der Waals surface area contributed by atoms with Crippen LogP contribution in [0.1, 0.15) is 46.1 Å². The highest BCUT2D eigenvalue weighted by Crippen LogP contribution is 2.24. The smallest absolute Gasteiger partial charge is 0.00683 e. The van der Waals surface area contributed by atoms with Gasteiger partial charge in [0, 0.05) is 18.0 Å². The fraction of sp³-hybridized carbons (Fsp3) is 0.684. The summed E-state index contributed by atoms with van der Waals surface area (Å²) >= 11 is 0. The highest BCUT2D eigenvalue weighted by atomic mass is 15.1. The Balaban J connectivity index is 1.82. The molecule has 1 fully saturated rings. The first-order valence-corrected chi connectivity index (χ1v) is 8.54. The normalized spacial score (nSPS) is 19.6. The summed E-state index contributed by atoms with van der Waals surface area (Å²) in [5.74, 6) is 0.833. The van der Waals surface area contributed by atoms with Crippen LogP contribution in [0.15, 0.2) is 30.3 Å². The van der Waals surface area contributed by atoms with Crippen LogP contribution in [0.5, 0.6) is 0 Å². The van der Waals surface area contributed by atoms with Gasteiger partial charge in [-0.25, -0.2) is 0 Å². The van der Waals surface area contributed by atoms with Gasteiger partial charge in [0.25, 0.3) is 0 Å². The topological polar surface area (TPSA) is 15.3 Å². The fourth-order valence-corrected chi connectivity index (χ4v) is 3.34. The molecule has 1 atom stereocenters. The van der Waals surface area contributed by atoms with E-state index in [1.54, 1.807) is 0 Å². The second-order valence-corrected chi connectivity index (χ2v) is 7.19. The minimum atomic E-state index is 0.194. The summed E-state index contributed by atoms with van der Waals surface area (Å²) in [6, 6.07) is 11.5. The lowest BCUT2D eigenvalue weighted by atomic mass is 9.83. The molecular weight excluding hydrogens is 256 g/mol. The molecule has 0 bridgehead atoms. The van der Waals surface area contributed by atoms with Crippen molar-refractivity contribution in [1.29, 1.82) is 0 Å². The number of benzene rings is 1. The van der Waals surface area contributed by atoms with Gasteiger partial charge in [0.2, 0.25) is 0 Å². The van der Waals surface area contributed by atoms with E-state index in [9.17, 15) is 0 Å². The largest absolute Gasteiger partial charge is 0.313 e. The van der Waals surface area contributed by atoms with Gasteiger partial charge in [-0.2, -0.15) is 0 Å². The van der Waals surface area contributed by atoms with Gasteiger partial charge in [-0.1, -0.05) is 51.1 Å². The standard InChI is InChI=1S/C19H32N2/c1-5-21-13-11-17(12-14-21)16(2)20-15-19(3,4)18-9-7-6-8-10-18/h6-10,16-17,20H,5,11-15H2,1-4H3. The van der Waals surface area contributed by atoms with E-state index in [2.05, 4.69) is 68.2 Å². The first-order valence-electron chi connectivity index (χ1n) is 8.54. The third-order valence-corrected chi connectivity index (χ3v) is 5.21. The van der Waals surface area contributed by atoms with Gasteiger partial charge >= 0.3 is 0 Å². The molecule has 2 heteroatoms. The molecule has 1 aromatic rings. The zero-order valence-corrected chi connectivity index (χ0v) is 14.2. The Bertz CT molecular complexity index is 405. The van der Waals surface area contributed by atoms with Gasteiger partial charge in [0.05, 0.1) is 0 Å². The zero-order valence-electron chi connectivity index (χ0n) is 14.2. The molecule has 0 spiro atoms. The fourth-order valence-electron chi connectivity index (χ4n) is 3.34. The van der Waals surface area contributed by atoms with Crippen LogP contribution in [0.2, 0.25) is 0 Å². The summed E-state index contributed by atoms with van der Waals surface area (Å²) in [6.07, 6.45) is 2.68. The van der Waals surface area contributed by atoms with Crippen LogP contribution in [-0.2, 0) is 5.41 Å². The Morgan fingerprint density at radius 2 is 1.81 bits per heavy atom. The summed E-state index contributed by atoms with van der Waals surface area (Å²) in [5, 5.41) is 3.81. The SMILES string of the molecule is CCN1CCC(C(C)NCC(C)(C)c2ccccc2)CC1. The molecule has 1 unspecified atom stereocenters. The molecule has 1 aliphatic heterocycles. The molecule has 0 radical (unpaired) electrons. The molecule has 1 aromatic carbocycles. The second kappa shape index (κ2) is 7.42. The Morgan fingerprint density at radius 3 is 2.38 bits per heavy atom. The molecule has 1 saturated heterocycles. The van der Waals surface area contributed by atoms with Crippen LogP contribution >= 0.6 is 0 Å². The number of nitrogens with one attached hydrogen (secondary N) is 1. The van der Waals surface area contributed by atoms with E-state index in [-0.39, 0.29) is 5.41 Å². The van der Waals surface area contributed by atoms with Crippen molar-refractivity contribution in [3.63, 3.8) is 0 Å². The minimum Gasteiger partial charge on any atom is -0.313 e. The van der Waals surface area contributed by atoms with Crippen LogP contribution in [0, 0.1) is 5.92 Å². The molecule has 2 nitrogen and oxygen atoms in total. The van der Waals surface area contributed by atoms with Crippen LogP contribution < -0.4 is 5.32 Å². The Morgan fingerprint density at radius 1 is 1.19 bits per heavy atom. The van der Waals surface area contributed by atoms with Crippen molar-refractivity contribution in [3.8, 4) is 0 Å². The number of likely N-dealkylation sites (tertiary alicyclic amines) is 1.